The number of pyridine rings is 1. The number of ether oxygens (including phenoxy) is 1. The molecule has 0 amide bonds. The van der Waals surface area contributed by atoms with E-state index in [0.717, 1.165) is 34.7 Å². The lowest BCUT2D eigenvalue weighted by Crippen LogP contribution is -2.29. The van der Waals surface area contributed by atoms with E-state index < -0.39 is 0 Å². The van der Waals surface area contributed by atoms with Crippen LogP contribution < -0.4 is 10.5 Å². The van der Waals surface area contributed by atoms with Gasteiger partial charge in [-0.1, -0.05) is 36.8 Å². The summed E-state index contributed by atoms with van der Waals surface area (Å²) in [5, 5.41) is 1.22. The van der Waals surface area contributed by atoms with Crippen molar-refractivity contribution in [2.75, 3.05) is 25.9 Å². The molecule has 1 saturated carbocycles. The van der Waals surface area contributed by atoms with Gasteiger partial charge < -0.3 is 15.4 Å². The Bertz CT molecular complexity index is 1270. The molecule has 5 nitrogen and oxygen atoms in total. The second-order valence-electron chi connectivity index (χ2n) is 11.2. The normalized spacial score (nSPS) is 17.5. The largest absolute Gasteiger partial charge is 0.485 e. The zero-order valence-corrected chi connectivity index (χ0v) is 23.1. The fourth-order valence-electron chi connectivity index (χ4n) is 5.45. The molecule has 0 atom stereocenters. The first kappa shape index (κ1) is 25.8. The smallest absolute Gasteiger partial charge is 0.166 e. The van der Waals surface area contributed by atoms with E-state index in [4.69, 9.17) is 15.5 Å². The average Bonchev–Trinajstić information content (AvgIpc) is 3.61. The zero-order valence-electron chi connectivity index (χ0n) is 22.3. The van der Waals surface area contributed by atoms with Gasteiger partial charge in [-0.3, -0.25) is 0 Å². The molecule has 6 heteroatoms. The Morgan fingerprint density at radius 2 is 1.86 bits per heavy atom. The molecule has 0 radical (unpaired) electrons. The Labute approximate surface area is 225 Å². The van der Waals surface area contributed by atoms with Crippen LogP contribution in [0.5, 0.6) is 5.75 Å². The summed E-state index contributed by atoms with van der Waals surface area (Å²) in [5.74, 6) is 9.23. The lowest BCUT2D eigenvalue weighted by Gasteiger charge is -2.27. The zero-order chi connectivity index (χ0) is 25.8. The van der Waals surface area contributed by atoms with Crippen molar-refractivity contribution >= 4 is 17.2 Å². The summed E-state index contributed by atoms with van der Waals surface area (Å²) in [4.78, 5) is 12.6. The van der Waals surface area contributed by atoms with Crippen molar-refractivity contribution in [3.8, 4) is 28.0 Å². The second-order valence-corrected chi connectivity index (χ2v) is 12.3. The van der Waals surface area contributed by atoms with Gasteiger partial charge in [0.2, 0.25) is 0 Å². The highest BCUT2D eigenvalue weighted by atomic mass is 32.1. The maximum absolute atomic E-state index is 6.18. The highest BCUT2D eigenvalue weighted by Gasteiger charge is 2.30. The maximum Gasteiger partial charge on any atom is 0.166 e. The van der Waals surface area contributed by atoms with Gasteiger partial charge in [0, 0.05) is 34.9 Å². The Morgan fingerprint density at radius 3 is 2.65 bits per heavy atom. The third-order valence-corrected chi connectivity index (χ3v) is 9.19. The molecule has 1 saturated heterocycles. The van der Waals surface area contributed by atoms with Gasteiger partial charge in [0.15, 0.2) is 11.6 Å². The standard InChI is InChI=1S/C31H38N4OS/c1-31(2,26-9-4-5-10-26)14-11-22-7-6-8-23(17-22)21-36-27-18-25(19-33-29(27)32)28-20-34-30(37-28)24-12-15-35(3)16-13-24/h6-8,17-20,24,26H,4-5,9-10,12-13,15-16,21H2,1-3H3,(H2,32,33). The molecule has 194 valence electrons. The summed E-state index contributed by atoms with van der Waals surface area (Å²) in [6.45, 7) is 7.25. The number of piperidine rings is 1. The number of nitrogens with two attached hydrogens (primary N) is 1. The molecule has 2 aliphatic rings. The molecular formula is C31H38N4OS. The van der Waals surface area contributed by atoms with Crippen LogP contribution in [0.2, 0.25) is 0 Å². The Kier molecular flexibility index (Phi) is 7.83. The number of aromatic nitrogens is 2. The number of anilines is 1. The highest BCUT2D eigenvalue weighted by Crippen LogP contribution is 2.39. The van der Waals surface area contributed by atoms with Crippen molar-refractivity contribution in [3.63, 3.8) is 0 Å². The first-order valence-corrected chi connectivity index (χ1v) is 14.3. The topological polar surface area (TPSA) is 64.3 Å². The molecule has 3 heterocycles. The Hall–Kier alpha value is -2.88. The summed E-state index contributed by atoms with van der Waals surface area (Å²) >= 11 is 1.76. The molecule has 2 aromatic heterocycles. The summed E-state index contributed by atoms with van der Waals surface area (Å²) in [7, 11) is 2.19. The fraction of sp³-hybridized carbons (Fsp3) is 0.484. The molecule has 37 heavy (non-hydrogen) atoms. The van der Waals surface area contributed by atoms with E-state index >= 15 is 0 Å². The third kappa shape index (κ3) is 6.34. The van der Waals surface area contributed by atoms with Crippen molar-refractivity contribution in [2.24, 2.45) is 11.3 Å². The van der Waals surface area contributed by atoms with Crippen LogP contribution in [0.3, 0.4) is 0 Å². The predicted molar refractivity (Wildman–Crippen MR) is 153 cm³/mol. The lowest BCUT2D eigenvalue weighted by atomic mass is 9.78. The van der Waals surface area contributed by atoms with Crippen LogP contribution in [0.25, 0.3) is 10.4 Å². The minimum absolute atomic E-state index is 0.0490. The van der Waals surface area contributed by atoms with E-state index in [0.29, 0.717) is 30.0 Å². The molecule has 0 unspecified atom stereocenters. The van der Waals surface area contributed by atoms with Gasteiger partial charge >= 0.3 is 0 Å². The Morgan fingerprint density at radius 1 is 1.08 bits per heavy atom. The average molecular weight is 515 g/mol. The minimum atomic E-state index is 0.0490. The number of likely N-dealkylation sites (tertiary alicyclic amines) is 1. The Balaban J connectivity index is 1.25. The SMILES string of the molecule is CN1CCC(c2ncc(-c3cnc(N)c(OCc4cccc(C#CC(C)(C)C5CCCC5)c4)c3)s2)CC1. The van der Waals surface area contributed by atoms with Crippen LogP contribution in [-0.2, 0) is 6.61 Å². The van der Waals surface area contributed by atoms with Crippen LogP contribution in [0.4, 0.5) is 5.82 Å². The monoisotopic (exact) mass is 514 g/mol. The number of thiazole rings is 1. The molecule has 1 aliphatic heterocycles. The number of nitrogen functional groups attached to an aromatic ring is 1. The molecule has 1 aliphatic carbocycles. The molecule has 2 fully saturated rings. The van der Waals surface area contributed by atoms with Crippen molar-refractivity contribution in [1.82, 2.24) is 14.9 Å². The summed E-state index contributed by atoms with van der Waals surface area (Å²) in [6.07, 6.45) is 11.4. The van der Waals surface area contributed by atoms with Gasteiger partial charge in [0.25, 0.3) is 0 Å². The number of hydrogen-bond acceptors (Lipinski definition) is 6. The molecule has 5 rings (SSSR count). The first-order chi connectivity index (χ1) is 17.9. The first-order valence-electron chi connectivity index (χ1n) is 13.5. The van der Waals surface area contributed by atoms with E-state index in [1.807, 2.05) is 24.5 Å². The number of hydrogen-bond donors (Lipinski definition) is 1. The van der Waals surface area contributed by atoms with Crippen molar-refractivity contribution in [3.05, 3.63) is 58.9 Å². The fourth-order valence-corrected chi connectivity index (χ4v) is 6.52. The van der Waals surface area contributed by atoms with Gasteiger partial charge in [-0.2, -0.15) is 0 Å². The summed E-state index contributed by atoms with van der Waals surface area (Å²) in [5.41, 5.74) is 9.31. The summed E-state index contributed by atoms with van der Waals surface area (Å²) in [6, 6.07) is 10.3. The van der Waals surface area contributed by atoms with Gasteiger partial charge in [-0.15, -0.1) is 11.3 Å². The van der Waals surface area contributed by atoms with Crippen LogP contribution in [0, 0.1) is 23.2 Å². The molecule has 0 spiro atoms. The number of nitrogens with zero attached hydrogens (tertiary/aromatic N) is 3. The molecular weight excluding hydrogens is 476 g/mol. The molecule has 2 N–H and O–H groups in total. The van der Waals surface area contributed by atoms with Crippen molar-refractivity contribution in [2.45, 2.75) is 64.9 Å². The van der Waals surface area contributed by atoms with E-state index in [-0.39, 0.29) is 5.41 Å². The second kappa shape index (κ2) is 11.2. The van der Waals surface area contributed by atoms with Gasteiger partial charge in [-0.25, -0.2) is 9.97 Å². The van der Waals surface area contributed by atoms with Crippen molar-refractivity contribution < 1.29 is 4.74 Å². The molecule has 0 bridgehead atoms. The number of rotatable bonds is 6. The minimum Gasteiger partial charge on any atom is -0.485 e. The highest BCUT2D eigenvalue weighted by molar-refractivity contribution is 7.15. The summed E-state index contributed by atoms with van der Waals surface area (Å²) < 4.78 is 6.14. The van der Waals surface area contributed by atoms with E-state index in [1.165, 1.54) is 43.5 Å². The van der Waals surface area contributed by atoms with Crippen LogP contribution in [-0.4, -0.2) is 35.0 Å². The van der Waals surface area contributed by atoms with E-state index in [2.05, 4.69) is 60.8 Å². The van der Waals surface area contributed by atoms with Crippen LogP contribution in [0.15, 0.2) is 42.7 Å². The molecule has 3 aromatic rings. The lowest BCUT2D eigenvalue weighted by molar-refractivity contribution is 0.255. The predicted octanol–water partition coefficient (Wildman–Crippen LogP) is 6.74. The van der Waals surface area contributed by atoms with Gasteiger partial charge in [0.05, 0.1) is 9.88 Å². The van der Waals surface area contributed by atoms with Gasteiger partial charge in [0.1, 0.15) is 6.61 Å². The van der Waals surface area contributed by atoms with Crippen LogP contribution >= 0.6 is 11.3 Å². The maximum atomic E-state index is 6.18. The molecule has 1 aromatic carbocycles. The van der Waals surface area contributed by atoms with E-state index in [1.54, 1.807) is 11.3 Å². The third-order valence-electron chi connectivity index (χ3n) is 7.98. The van der Waals surface area contributed by atoms with E-state index in [9.17, 15) is 0 Å². The van der Waals surface area contributed by atoms with Crippen molar-refractivity contribution in [1.29, 1.82) is 0 Å². The quantitative estimate of drug-likeness (QED) is 0.369. The van der Waals surface area contributed by atoms with Crippen LogP contribution in [0.1, 0.15) is 74.4 Å². The van der Waals surface area contributed by atoms with Gasteiger partial charge in [-0.05, 0) is 89.3 Å². The number of benzene rings is 1.